The van der Waals surface area contributed by atoms with Crippen LogP contribution < -0.4 is 16.2 Å². The molecule has 15 heavy (non-hydrogen) atoms. The molecule has 0 aromatic heterocycles. The third-order valence-electron chi connectivity index (χ3n) is 1.83. The molecule has 0 unspecified atom stereocenters. The number of hydrogen-bond acceptors (Lipinski definition) is 2. The smallest absolute Gasteiger partial charge is 0.269 e. The first-order chi connectivity index (χ1) is 7.13. The number of thiocarbonyl (C=S) groups is 1. The molecule has 0 fully saturated rings. The van der Waals surface area contributed by atoms with Crippen molar-refractivity contribution in [3.05, 3.63) is 35.4 Å². The van der Waals surface area contributed by atoms with Crippen LogP contribution in [-0.2, 0) is 0 Å². The first-order valence-corrected chi connectivity index (χ1v) is 4.89. The first-order valence-electron chi connectivity index (χ1n) is 4.48. The minimum absolute atomic E-state index is 0.215. The van der Waals surface area contributed by atoms with Crippen molar-refractivity contribution in [2.75, 3.05) is 7.05 Å². The average Bonchev–Trinajstić information content (AvgIpc) is 2.26. The van der Waals surface area contributed by atoms with Crippen LogP contribution in [0.3, 0.4) is 0 Å². The molecule has 0 aliphatic carbocycles. The topological polar surface area (TPSA) is 53.2 Å². The van der Waals surface area contributed by atoms with Gasteiger partial charge in [0.1, 0.15) is 0 Å². The lowest BCUT2D eigenvalue weighted by Gasteiger charge is -2.08. The number of carbonyl (C=O) groups is 1. The van der Waals surface area contributed by atoms with Gasteiger partial charge in [0.25, 0.3) is 5.91 Å². The van der Waals surface area contributed by atoms with Crippen LogP contribution in [0.15, 0.2) is 24.3 Å². The molecule has 0 saturated heterocycles. The number of hydrogen-bond donors (Lipinski definition) is 3. The van der Waals surface area contributed by atoms with Gasteiger partial charge in [-0.3, -0.25) is 15.6 Å². The predicted molar refractivity (Wildman–Crippen MR) is 63.4 cm³/mol. The summed E-state index contributed by atoms with van der Waals surface area (Å²) in [5.41, 5.74) is 6.75. The molecule has 0 heterocycles. The van der Waals surface area contributed by atoms with E-state index < -0.39 is 0 Å². The Bertz CT molecular complexity index is 361. The Morgan fingerprint density at radius 1 is 1.20 bits per heavy atom. The maximum Gasteiger partial charge on any atom is 0.269 e. The molecule has 1 rings (SSSR count). The lowest BCUT2D eigenvalue weighted by molar-refractivity contribution is 0.0944. The van der Waals surface area contributed by atoms with Crippen LogP contribution in [0.1, 0.15) is 15.9 Å². The second-order valence-corrected chi connectivity index (χ2v) is 3.43. The number of nitrogens with one attached hydrogen (secondary N) is 3. The van der Waals surface area contributed by atoms with E-state index in [1.54, 1.807) is 19.2 Å². The van der Waals surface area contributed by atoms with Crippen LogP contribution >= 0.6 is 12.2 Å². The zero-order chi connectivity index (χ0) is 11.3. The summed E-state index contributed by atoms with van der Waals surface area (Å²) in [7, 11) is 1.67. The fraction of sp³-hybridized carbons (Fsp3) is 0.200. The Kier molecular flexibility index (Phi) is 4.05. The van der Waals surface area contributed by atoms with Gasteiger partial charge in [0, 0.05) is 12.6 Å². The largest absolute Gasteiger partial charge is 0.364 e. The van der Waals surface area contributed by atoms with Crippen molar-refractivity contribution in [2.45, 2.75) is 6.92 Å². The normalized spacial score (nSPS) is 9.20. The summed E-state index contributed by atoms with van der Waals surface area (Å²) in [6.07, 6.45) is 0. The van der Waals surface area contributed by atoms with Crippen LogP contribution in [0.2, 0.25) is 0 Å². The molecule has 1 aromatic rings. The van der Waals surface area contributed by atoms with Gasteiger partial charge in [0.2, 0.25) is 0 Å². The zero-order valence-corrected chi connectivity index (χ0v) is 9.44. The van der Waals surface area contributed by atoms with E-state index in [1.165, 1.54) is 0 Å². The molecule has 0 radical (unpaired) electrons. The molecule has 80 valence electrons. The molecule has 4 nitrogen and oxygen atoms in total. The number of aryl methyl sites for hydroxylation is 1. The molecule has 5 heteroatoms. The van der Waals surface area contributed by atoms with Crippen molar-refractivity contribution in [1.82, 2.24) is 16.2 Å². The SMILES string of the molecule is CNC(=S)NNC(=O)c1ccc(C)cc1. The Hall–Kier alpha value is -1.62. The predicted octanol–water partition coefficient (Wildman–Crippen LogP) is 0.734. The highest BCUT2D eigenvalue weighted by atomic mass is 32.1. The van der Waals surface area contributed by atoms with E-state index in [0.29, 0.717) is 10.7 Å². The van der Waals surface area contributed by atoms with Crippen molar-refractivity contribution in [3.63, 3.8) is 0 Å². The molecule has 0 aliphatic heterocycles. The highest BCUT2D eigenvalue weighted by molar-refractivity contribution is 7.80. The van der Waals surface area contributed by atoms with Gasteiger partial charge in [0.05, 0.1) is 0 Å². The number of hydrazine groups is 1. The summed E-state index contributed by atoms with van der Waals surface area (Å²) in [4.78, 5) is 11.5. The van der Waals surface area contributed by atoms with Crippen LogP contribution in [0.4, 0.5) is 0 Å². The van der Waals surface area contributed by atoms with Crippen LogP contribution in [0.5, 0.6) is 0 Å². The van der Waals surface area contributed by atoms with Gasteiger partial charge < -0.3 is 5.32 Å². The van der Waals surface area contributed by atoms with E-state index in [-0.39, 0.29) is 5.91 Å². The highest BCUT2D eigenvalue weighted by Crippen LogP contribution is 2.01. The maximum absolute atomic E-state index is 11.5. The van der Waals surface area contributed by atoms with Gasteiger partial charge in [0.15, 0.2) is 5.11 Å². The Morgan fingerprint density at radius 2 is 1.80 bits per heavy atom. The lowest BCUT2D eigenvalue weighted by Crippen LogP contribution is -2.45. The number of rotatable bonds is 1. The fourth-order valence-electron chi connectivity index (χ4n) is 0.953. The van der Waals surface area contributed by atoms with E-state index in [1.807, 2.05) is 19.1 Å². The van der Waals surface area contributed by atoms with Gasteiger partial charge in [-0.15, -0.1) is 0 Å². The monoisotopic (exact) mass is 223 g/mol. The number of benzene rings is 1. The van der Waals surface area contributed by atoms with Crippen molar-refractivity contribution < 1.29 is 4.79 Å². The van der Waals surface area contributed by atoms with Gasteiger partial charge in [-0.25, -0.2) is 0 Å². The molecule has 0 spiro atoms. The van der Waals surface area contributed by atoms with Crippen LogP contribution in [0, 0.1) is 6.92 Å². The van der Waals surface area contributed by atoms with E-state index >= 15 is 0 Å². The summed E-state index contributed by atoms with van der Waals surface area (Å²) in [5.74, 6) is -0.215. The Balaban J connectivity index is 2.54. The van der Waals surface area contributed by atoms with Crippen molar-refractivity contribution >= 4 is 23.2 Å². The van der Waals surface area contributed by atoms with Crippen molar-refractivity contribution in [2.24, 2.45) is 0 Å². The van der Waals surface area contributed by atoms with Crippen LogP contribution in [0.25, 0.3) is 0 Å². The molecule has 3 N–H and O–H groups in total. The molecule has 1 aromatic carbocycles. The third kappa shape index (κ3) is 3.55. The highest BCUT2D eigenvalue weighted by Gasteiger charge is 2.03. The second-order valence-electron chi connectivity index (χ2n) is 3.02. The molecule has 0 aliphatic rings. The minimum Gasteiger partial charge on any atom is -0.364 e. The number of carbonyl (C=O) groups excluding carboxylic acids is 1. The molecular formula is C10H13N3OS. The second kappa shape index (κ2) is 5.31. The standard InChI is InChI=1S/C10H13N3OS/c1-7-3-5-8(6-4-7)9(14)12-13-10(15)11-2/h3-6H,1-2H3,(H,12,14)(H2,11,13,15). The molecule has 0 bridgehead atoms. The summed E-state index contributed by atoms with van der Waals surface area (Å²) in [6.45, 7) is 1.97. The molecule has 1 amide bonds. The maximum atomic E-state index is 11.5. The summed E-state index contributed by atoms with van der Waals surface area (Å²) in [6, 6.07) is 7.28. The Morgan fingerprint density at radius 3 is 2.33 bits per heavy atom. The molecule has 0 atom stereocenters. The average molecular weight is 223 g/mol. The fourth-order valence-corrected chi connectivity index (χ4v) is 1.00. The third-order valence-corrected chi connectivity index (χ3v) is 2.14. The van der Waals surface area contributed by atoms with E-state index in [4.69, 9.17) is 12.2 Å². The quantitative estimate of drug-likeness (QED) is 0.485. The van der Waals surface area contributed by atoms with E-state index in [0.717, 1.165) is 5.56 Å². The number of amides is 1. The van der Waals surface area contributed by atoms with E-state index in [2.05, 4.69) is 16.2 Å². The Labute approximate surface area is 94.0 Å². The molecule has 0 saturated carbocycles. The zero-order valence-electron chi connectivity index (χ0n) is 8.63. The minimum atomic E-state index is -0.215. The summed E-state index contributed by atoms with van der Waals surface area (Å²) in [5, 5.41) is 3.06. The molecular weight excluding hydrogens is 210 g/mol. The van der Waals surface area contributed by atoms with Gasteiger partial charge in [-0.05, 0) is 31.3 Å². The van der Waals surface area contributed by atoms with Gasteiger partial charge in [-0.1, -0.05) is 17.7 Å². The summed E-state index contributed by atoms with van der Waals surface area (Å²) < 4.78 is 0. The van der Waals surface area contributed by atoms with Crippen molar-refractivity contribution in [1.29, 1.82) is 0 Å². The first kappa shape index (κ1) is 11.5. The van der Waals surface area contributed by atoms with E-state index in [9.17, 15) is 4.79 Å². The lowest BCUT2D eigenvalue weighted by atomic mass is 10.1. The summed E-state index contributed by atoms with van der Waals surface area (Å²) >= 11 is 4.81. The van der Waals surface area contributed by atoms with Gasteiger partial charge in [-0.2, -0.15) is 0 Å². The van der Waals surface area contributed by atoms with Crippen molar-refractivity contribution in [3.8, 4) is 0 Å². The van der Waals surface area contributed by atoms with Gasteiger partial charge >= 0.3 is 0 Å². The van der Waals surface area contributed by atoms with Crippen LogP contribution in [-0.4, -0.2) is 18.1 Å².